The van der Waals surface area contributed by atoms with Gasteiger partial charge in [-0.05, 0) is 29.8 Å². The summed E-state index contributed by atoms with van der Waals surface area (Å²) >= 11 is 0. The largest absolute Gasteiger partial charge is 0.467 e. The summed E-state index contributed by atoms with van der Waals surface area (Å²) in [4.78, 5) is 15.7. The van der Waals surface area contributed by atoms with Crippen molar-refractivity contribution in [3.05, 3.63) is 66.5 Å². The summed E-state index contributed by atoms with van der Waals surface area (Å²) in [5.74, 6) is 0.942. The molecule has 0 bridgehead atoms. The Morgan fingerprint density at radius 2 is 2.08 bits per heavy atom. The van der Waals surface area contributed by atoms with E-state index in [-0.39, 0.29) is 0 Å². The molecule has 0 aliphatic heterocycles. The number of primary amides is 1. The third-order valence-electron chi connectivity index (χ3n) is 3.81. The van der Waals surface area contributed by atoms with Crippen molar-refractivity contribution >= 4 is 17.5 Å². The number of nitrogens with one attached hydrogen (secondary N) is 1. The van der Waals surface area contributed by atoms with Crippen LogP contribution in [0, 0.1) is 0 Å². The van der Waals surface area contributed by atoms with E-state index in [1.165, 1.54) is 0 Å². The number of carbonyl (C=O) groups is 1. The number of nitrogens with two attached hydrogens (primary N) is 1. The molecule has 1 aromatic carbocycles. The van der Waals surface area contributed by atoms with Gasteiger partial charge >= 0.3 is 0 Å². The molecule has 0 saturated carbocycles. The number of furan rings is 1. The Morgan fingerprint density at radius 3 is 2.80 bits per heavy atom. The van der Waals surface area contributed by atoms with E-state index in [1.807, 2.05) is 24.3 Å². The molecule has 3 heterocycles. The first kappa shape index (κ1) is 14.9. The molecule has 0 saturated heterocycles. The number of amides is 1. The molecule has 124 valence electrons. The number of anilines is 1. The van der Waals surface area contributed by atoms with Crippen LogP contribution in [0.3, 0.4) is 0 Å². The molecule has 8 nitrogen and oxygen atoms in total. The lowest BCUT2D eigenvalue weighted by Gasteiger charge is -2.09. The summed E-state index contributed by atoms with van der Waals surface area (Å²) in [6.45, 7) is 0.500. The van der Waals surface area contributed by atoms with Gasteiger partial charge in [-0.15, -0.1) is 10.2 Å². The zero-order valence-electron chi connectivity index (χ0n) is 13.1. The van der Waals surface area contributed by atoms with E-state index in [0.717, 1.165) is 16.9 Å². The van der Waals surface area contributed by atoms with Crippen LogP contribution in [0.4, 0.5) is 5.95 Å². The highest BCUT2D eigenvalue weighted by Gasteiger charge is 2.12. The molecule has 0 spiro atoms. The molecule has 0 aliphatic rings. The molecule has 25 heavy (non-hydrogen) atoms. The minimum Gasteiger partial charge on any atom is -0.467 e. The Morgan fingerprint density at radius 1 is 1.24 bits per heavy atom. The third kappa shape index (κ3) is 2.80. The number of benzene rings is 1. The molecular weight excluding hydrogens is 320 g/mol. The van der Waals surface area contributed by atoms with Crippen molar-refractivity contribution < 1.29 is 9.21 Å². The number of carbonyl (C=O) groups excluding carboxylic acids is 1. The summed E-state index contributed by atoms with van der Waals surface area (Å²) in [6, 6.07) is 10.7. The maximum absolute atomic E-state index is 11.2. The second-order valence-corrected chi connectivity index (χ2v) is 5.39. The monoisotopic (exact) mass is 334 g/mol. The fraction of sp³-hybridized carbons (Fsp3) is 0.0588. The highest BCUT2D eigenvalue weighted by atomic mass is 16.3. The second kappa shape index (κ2) is 6.08. The Labute approximate surface area is 142 Å². The SMILES string of the molecule is NC(=O)c1ccc(-c2cnc(NCc3ccco3)n3cnnc23)cc1. The second-order valence-electron chi connectivity index (χ2n) is 5.39. The normalized spacial score (nSPS) is 10.9. The maximum atomic E-state index is 11.2. The van der Waals surface area contributed by atoms with Gasteiger partial charge in [-0.2, -0.15) is 0 Å². The molecule has 4 aromatic rings. The van der Waals surface area contributed by atoms with Crippen molar-refractivity contribution in [2.45, 2.75) is 6.54 Å². The minimum absolute atomic E-state index is 0.450. The van der Waals surface area contributed by atoms with Crippen LogP contribution in [-0.2, 0) is 6.54 Å². The molecule has 0 aliphatic carbocycles. The molecule has 4 rings (SSSR count). The smallest absolute Gasteiger partial charge is 0.248 e. The number of hydrogen-bond donors (Lipinski definition) is 2. The van der Waals surface area contributed by atoms with Crippen LogP contribution in [0.5, 0.6) is 0 Å². The lowest BCUT2D eigenvalue weighted by atomic mass is 10.1. The van der Waals surface area contributed by atoms with E-state index < -0.39 is 5.91 Å². The highest BCUT2D eigenvalue weighted by Crippen LogP contribution is 2.25. The molecule has 0 radical (unpaired) electrons. The van der Waals surface area contributed by atoms with Gasteiger partial charge in [0.05, 0.1) is 12.8 Å². The van der Waals surface area contributed by atoms with Crippen molar-refractivity contribution in [1.29, 1.82) is 0 Å². The standard InChI is InChI=1S/C17H14N6O2/c18-15(24)12-5-3-11(4-6-12)14-9-20-17(23-10-21-22-16(14)23)19-8-13-2-1-7-25-13/h1-7,9-10H,8H2,(H2,18,24)(H,19,20). The van der Waals surface area contributed by atoms with Gasteiger partial charge in [0.1, 0.15) is 12.1 Å². The van der Waals surface area contributed by atoms with Gasteiger partial charge in [-0.3, -0.25) is 9.20 Å². The van der Waals surface area contributed by atoms with Gasteiger partial charge in [-0.25, -0.2) is 4.98 Å². The van der Waals surface area contributed by atoms with Gasteiger partial charge in [-0.1, -0.05) is 12.1 Å². The van der Waals surface area contributed by atoms with Gasteiger partial charge in [0.25, 0.3) is 0 Å². The van der Waals surface area contributed by atoms with Crippen molar-refractivity contribution in [3.8, 4) is 11.1 Å². The van der Waals surface area contributed by atoms with Crippen LogP contribution in [0.25, 0.3) is 16.8 Å². The number of nitrogens with zero attached hydrogens (tertiary/aromatic N) is 4. The van der Waals surface area contributed by atoms with Crippen molar-refractivity contribution in [2.24, 2.45) is 5.73 Å². The van der Waals surface area contributed by atoms with E-state index in [0.29, 0.717) is 23.7 Å². The zero-order chi connectivity index (χ0) is 17.2. The van der Waals surface area contributed by atoms with Crippen LogP contribution in [-0.4, -0.2) is 25.5 Å². The first-order valence-corrected chi connectivity index (χ1v) is 7.57. The quantitative estimate of drug-likeness (QED) is 0.578. The van der Waals surface area contributed by atoms with Gasteiger partial charge in [0.15, 0.2) is 5.65 Å². The van der Waals surface area contributed by atoms with Crippen LogP contribution >= 0.6 is 0 Å². The number of rotatable bonds is 5. The predicted molar refractivity (Wildman–Crippen MR) is 90.8 cm³/mol. The molecule has 0 atom stereocenters. The predicted octanol–water partition coefficient (Wildman–Crippen LogP) is 2.10. The first-order chi connectivity index (χ1) is 12.2. The molecule has 1 amide bonds. The molecule has 3 N–H and O–H groups in total. The van der Waals surface area contributed by atoms with Crippen LogP contribution in [0.1, 0.15) is 16.1 Å². The van der Waals surface area contributed by atoms with E-state index >= 15 is 0 Å². The topological polar surface area (TPSA) is 111 Å². The van der Waals surface area contributed by atoms with Crippen LogP contribution in [0.2, 0.25) is 0 Å². The molecule has 0 unspecified atom stereocenters. The number of hydrogen-bond acceptors (Lipinski definition) is 6. The Bertz CT molecular complexity index is 1020. The molecular formula is C17H14N6O2. The Hall–Kier alpha value is -3.68. The fourth-order valence-electron chi connectivity index (χ4n) is 2.55. The summed E-state index contributed by atoms with van der Waals surface area (Å²) in [5.41, 5.74) is 8.05. The first-order valence-electron chi connectivity index (χ1n) is 7.57. The molecule has 0 fully saturated rings. The van der Waals surface area contributed by atoms with Gasteiger partial charge in [0, 0.05) is 17.3 Å². The van der Waals surface area contributed by atoms with E-state index in [4.69, 9.17) is 10.2 Å². The van der Waals surface area contributed by atoms with Gasteiger partial charge < -0.3 is 15.5 Å². The molecule has 3 aromatic heterocycles. The van der Waals surface area contributed by atoms with Crippen LogP contribution in [0.15, 0.2) is 59.6 Å². The zero-order valence-corrected chi connectivity index (χ0v) is 13.1. The number of fused-ring (bicyclic) bond motifs is 1. The highest BCUT2D eigenvalue weighted by molar-refractivity contribution is 5.93. The third-order valence-corrected chi connectivity index (χ3v) is 3.81. The lowest BCUT2D eigenvalue weighted by Crippen LogP contribution is -2.10. The average molecular weight is 334 g/mol. The Balaban J connectivity index is 1.68. The van der Waals surface area contributed by atoms with Gasteiger partial charge in [0.2, 0.25) is 11.9 Å². The summed E-state index contributed by atoms with van der Waals surface area (Å²) < 4.78 is 7.07. The summed E-state index contributed by atoms with van der Waals surface area (Å²) in [5, 5.41) is 11.3. The lowest BCUT2D eigenvalue weighted by molar-refractivity contribution is 0.100. The van der Waals surface area contributed by atoms with Crippen molar-refractivity contribution in [3.63, 3.8) is 0 Å². The summed E-state index contributed by atoms with van der Waals surface area (Å²) in [6.07, 6.45) is 4.93. The Kier molecular flexibility index (Phi) is 3.62. The van der Waals surface area contributed by atoms with E-state index in [1.54, 1.807) is 35.3 Å². The number of aromatic nitrogens is 4. The van der Waals surface area contributed by atoms with E-state index in [2.05, 4.69) is 20.5 Å². The van der Waals surface area contributed by atoms with Crippen molar-refractivity contribution in [1.82, 2.24) is 19.6 Å². The fourth-order valence-corrected chi connectivity index (χ4v) is 2.55. The summed E-state index contributed by atoms with van der Waals surface area (Å²) in [7, 11) is 0. The molecule has 8 heteroatoms. The van der Waals surface area contributed by atoms with Crippen molar-refractivity contribution in [2.75, 3.05) is 5.32 Å². The minimum atomic E-state index is -0.463. The van der Waals surface area contributed by atoms with Crippen LogP contribution < -0.4 is 11.1 Å². The average Bonchev–Trinajstić information content (AvgIpc) is 3.31. The van der Waals surface area contributed by atoms with E-state index in [9.17, 15) is 4.79 Å². The maximum Gasteiger partial charge on any atom is 0.248 e.